The van der Waals surface area contributed by atoms with Gasteiger partial charge in [0.05, 0.1) is 5.69 Å². The van der Waals surface area contributed by atoms with Crippen molar-refractivity contribution in [1.29, 1.82) is 0 Å². The van der Waals surface area contributed by atoms with Crippen LogP contribution >= 0.6 is 0 Å². The van der Waals surface area contributed by atoms with Crippen molar-refractivity contribution in [3.05, 3.63) is 24.0 Å². The molecule has 0 aliphatic rings. The Kier molecular flexibility index (Phi) is 6.38. The predicted octanol–water partition coefficient (Wildman–Crippen LogP) is 1.42. The molecule has 0 heterocycles. The first-order valence-corrected chi connectivity index (χ1v) is 8.16. The van der Waals surface area contributed by atoms with E-state index in [1.807, 2.05) is 6.92 Å². The molecule has 114 valence electrons. The third-order valence-corrected chi connectivity index (χ3v) is 4.53. The Bertz CT molecular complexity index is 514. The standard InChI is InChI=1S/C13H22FN3O2S/c1-3-9-17(4-2)10-8-16-20(18,19)13-11(14)6-5-7-12(13)15/h5-7,16H,3-4,8-10,15H2,1-2H3. The highest BCUT2D eigenvalue weighted by atomic mass is 32.2. The van der Waals surface area contributed by atoms with Gasteiger partial charge in [0, 0.05) is 13.1 Å². The van der Waals surface area contributed by atoms with E-state index in [1.165, 1.54) is 12.1 Å². The van der Waals surface area contributed by atoms with E-state index in [0.717, 1.165) is 25.6 Å². The number of anilines is 1. The van der Waals surface area contributed by atoms with Crippen LogP contribution in [0.4, 0.5) is 10.1 Å². The number of benzene rings is 1. The van der Waals surface area contributed by atoms with Crippen molar-refractivity contribution in [1.82, 2.24) is 9.62 Å². The Hall–Kier alpha value is -1.18. The second kappa shape index (κ2) is 7.56. The van der Waals surface area contributed by atoms with E-state index >= 15 is 0 Å². The highest BCUT2D eigenvalue weighted by Gasteiger charge is 2.21. The van der Waals surface area contributed by atoms with Crippen molar-refractivity contribution >= 4 is 15.7 Å². The van der Waals surface area contributed by atoms with Gasteiger partial charge in [0.1, 0.15) is 10.7 Å². The summed E-state index contributed by atoms with van der Waals surface area (Å²) in [7, 11) is -3.92. The van der Waals surface area contributed by atoms with Crippen molar-refractivity contribution in [3.63, 3.8) is 0 Å². The van der Waals surface area contributed by atoms with E-state index in [9.17, 15) is 12.8 Å². The van der Waals surface area contributed by atoms with Gasteiger partial charge in [-0.25, -0.2) is 17.5 Å². The van der Waals surface area contributed by atoms with Crippen molar-refractivity contribution in [2.45, 2.75) is 25.2 Å². The first-order valence-electron chi connectivity index (χ1n) is 6.68. The SMILES string of the molecule is CCCN(CC)CCNS(=O)(=O)c1c(N)cccc1F. The second-order valence-corrected chi connectivity index (χ2v) is 6.19. The molecule has 0 radical (unpaired) electrons. The van der Waals surface area contributed by atoms with E-state index in [1.54, 1.807) is 0 Å². The van der Waals surface area contributed by atoms with Crippen LogP contribution in [0.2, 0.25) is 0 Å². The maximum atomic E-state index is 13.6. The normalized spacial score (nSPS) is 12.0. The number of halogens is 1. The zero-order valence-corrected chi connectivity index (χ0v) is 12.7. The summed E-state index contributed by atoms with van der Waals surface area (Å²) in [5, 5.41) is 0. The lowest BCUT2D eigenvalue weighted by Gasteiger charge is -2.19. The molecule has 3 N–H and O–H groups in total. The Morgan fingerprint density at radius 3 is 2.55 bits per heavy atom. The fourth-order valence-corrected chi connectivity index (χ4v) is 3.17. The number of hydrogen-bond acceptors (Lipinski definition) is 4. The van der Waals surface area contributed by atoms with Gasteiger partial charge in [-0.1, -0.05) is 19.9 Å². The number of hydrogen-bond donors (Lipinski definition) is 2. The number of sulfonamides is 1. The van der Waals surface area contributed by atoms with Gasteiger partial charge in [-0.3, -0.25) is 0 Å². The molecule has 0 saturated heterocycles. The van der Waals surface area contributed by atoms with Gasteiger partial charge in [-0.15, -0.1) is 0 Å². The minimum absolute atomic E-state index is 0.0848. The van der Waals surface area contributed by atoms with Gasteiger partial charge in [-0.2, -0.15) is 0 Å². The van der Waals surface area contributed by atoms with Crippen molar-refractivity contribution in [2.75, 3.05) is 31.9 Å². The summed E-state index contributed by atoms with van der Waals surface area (Å²) in [6.07, 6.45) is 1.00. The molecule has 0 bridgehead atoms. The third-order valence-electron chi connectivity index (χ3n) is 2.97. The van der Waals surface area contributed by atoms with Gasteiger partial charge in [0.15, 0.2) is 0 Å². The Morgan fingerprint density at radius 1 is 1.30 bits per heavy atom. The topological polar surface area (TPSA) is 75.4 Å². The zero-order chi connectivity index (χ0) is 15.2. The van der Waals surface area contributed by atoms with Gasteiger partial charge >= 0.3 is 0 Å². The summed E-state index contributed by atoms with van der Waals surface area (Å²) >= 11 is 0. The lowest BCUT2D eigenvalue weighted by Crippen LogP contribution is -2.35. The molecule has 0 spiro atoms. The first-order chi connectivity index (χ1) is 9.42. The predicted molar refractivity (Wildman–Crippen MR) is 78.4 cm³/mol. The van der Waals surface area contributed by atoms with Crippen LogP contribution in [0.25, 0.3) is 0 Å². The average molecular weight is 303 g/mol. The third kappa shape index (κ3) is 4.43. The van der Waals surface area contributed by atoms with Crippen LogP contribution in [0.5, 0.6) is 0 Å². The molecule has 0 amide bonds. The summed E-state index contributed by atoms with van der Waals surface area (Å²) in [4.78, 5) is 1.64. The fourth-order valence-electron chi connectivity index (χ4n) is 1.96. The molecular formula is C13H22FN3O2S. The summed E-state index contributed by atoms with van der Waals surface area (Å²) in [5.74, 6) is -0.835. The lowest BCUT2D eigenvalue weighted by atomic mass is 10.3. The molecule has 20 heavy (non-hydrogen) atoms. The Morgan fingerprint density at radius 2 is 2.00 bits per heavy atom. The van der Waals surface area contributed by atoms with Crippen LogP contribution in [0.15, 0.2) is 23.1 Å². The summed E-state index contributed by atoms with van der Waals surface area (Å²) in [6, 6.07) is 3.83. The zero-order valence-electron chi connectivity index (χ0n) is 11.9. The summed E-state index contributed by atoms with van der Waals surface area (Å²) in [5.41, 5.74) is 5.46. The summed E-state index contributed by atoms with van der Waals surface area (Å²) < 4.78 is 40.1. The van der Waals surface area contributed by atoms with E-state index in [4.69, 9.17) is 5.73 Å². The van der Waals surface area contributed by atoms with E-state index < -0.39 is 20.7 Å². The first kappa shape index (κ1) is 16.9. The van der Waals surface area contributed by atoms with Crippen LogP contribution in [0.1, 0.15) is 20.3 Å². The number of rotatable bonds is 8. The number of nitrogen functional groups attached to an aromatic ring is 1. The molecule has 0 atom stereocenters. The van der Waals surface area contributed by atoms with Crippen LogP contribution < -0.4 is 10.5 Å². The minimum atomic E-state index is -3.92. The van der Waals surface area contributed by atoms with Gasteiger partial charge in [0.2, 0.25) is 10.0 Å². The highest BCUT2D eigenvalue weighted by molar-refractivity contribution is 7.89. The molecule has 0 unspecified atom stereocenters. The number of nitrogens with one attached hydrogen (secondary N) is 1. The molecule has 0 fully saturated rings. The molecule has 1 aromatic carbocycles. The molecule has 0 aliphatic carbocycles. The summed E-state index contributed by atoms with van der Waals surface area (Å²) in [6.45, 7) is 6.63. The van der Waals surface area contributed by atoms with Crippen LogP contribution in [0, 0.1) is 5.82 Å². The smallest absolute Gasteiger partial charge is 0.245 e. The maximum absolute atomic E-state index is 13.6. The molecule has 1 rings (SSSR count). The van der Waals surface area contributed by atoms with Crippen molar-refractivity contribution in [2.24, 2.45) is 0 Å². The number of nitrogens with zero attached hydrogens (tertiary/aromatic N) is 1. The largest absolute Gasteiger partial charge is 0.398 e. The average Bonchev–Trinajstić information content (AvgIpc) is 2.37. The second-order valence-electron chi connectivity index (χ2n) is 4.49. The maximum Gasteiger partial charge on any atom is 0.245 e. The van der Waals surface area contributed by atoms with E-state index in [-0.39, 0.29) is 12.2 Å². The highest BCUT2D eigenvalue weighted by Crippen LogP contribution is 2.20. The Labute approximate surface area is 120 Å². The van der Waals surface area contributed by atoms with Gasteiger partial charge < -0.3 is 10.6 Å². The molecular weight excluding hydrogens is 281 g/mol. The molecule has 0 aromatic heterocycles. The van der Waals surface area contributed by atoms with Crippen molar-refractivity contribution < 1.29 is 12.8 Å². The minimum Gasteiger partial charge on any atom is -0.398 e. The van der Waals surface area contributed by atoms with E-state index in [2.05, 4.69) is 16.5 Å². The number of likely N-dealkylation sites (N-methyl/N-ethyl adjacent to an activating group) is 1. The lowest BCUT2D eigenvalue weighted by molar-refractivity contribution is 0.293. The van der Waals surface area contributed by atoms with Gasteiger partial charge in [-0.05, 0) is 31.6 Å². The fraction of sp³-hybridized carbons (Fsp3) is 0.538. The monoisotopic (exact) mass is 303 g/mol. The van der Waals surface area contributed by atoms with Crippen LogP contribution in [-0.4, -0.2) is 39.5 Å². The molecule has 1 aromatic rings. The van der Waals surface area contributed by atoms with Crippen LogP contribution in [-0.2, 0) is 10.0 Å². The molecule has 0 aliphatic heterocycles. The van der Waals surface area contributed by atoms with Crippen molar-refractivity contribution in [3.8, 4) is 0 Å². The molecule has 0 saturated carbocycles. The quantitative estimate of drug-likeness (QED) is 0.712. The van der Waals surface area contributed by atoms with Gasteiger partial charge in [0.25, 0.3) is 0 Å². The molecule has 7 heteroatoms. The Balaban J connectivity index is 2.71. The molecule has 5 nitrogen and oxygen atoms in total. The number of nitrogens with two attached hydrogens (primary N) is 1. The van der Waals surface area contributed by atoms with Crippen LogP contribution in [0.3, 0.4) is 0 Å². The van der Waals surface area contributed by atoms with E-state index in [0.29, 0.717) is 6.54 Å².